The van der Waals surface area contributed by atoms with Crippen LogP contribution in [0.25, 0.3) is 21.7 Å². The first-order valence-corrected chi connectivity index (χ1v) is 15.2. The molecule has 5 aromatic rings. The molecule has 0 aliphatic rings. The van der Waals surface area contributed by atoms with Gasteiger partial charge in [-0.05, 0) is 56.7 Å². The second-order valence-electron chi connectivity index (χ2n) is 11.8. The lowest BCUT2D eigenvalue weighted by Crippen LogP contribution is -2.37. The van der Waals surface area contributed by atoms with Crippen molar-refractivity contribution in [1.82, 2.24) is 30.0 Å². The molecule has 0 saturated carbocycles. The summed E-state index contributed by atoms with van der Waals surface area (Å²) in [6, 6.07) is 10.8. The third kappa shape index (κ3) is 8.79. The van der Waals surface area contributed by atoms with Gasteiger partial charge in [0.2, 0.25) is 5.91 Å². The fourth-order valence-corrected chi connectivity index (χ4v) is 5.11. The van der Waals surface area contributed by atoms with Gasteiger partial charge >= 0.3 is 12.5 Å². The molecule has 0 saturated heterocycles. The molecule has 4 N–H and O–H groups in total. The Labute approximate surface area is 277 Å². The van der Waals surface area contributed by atoms with Crippen LogP contribution in [0.1, 0.15) is 48.3 Å². The molecule has 0 aliphatic heterocycles. The normalized spacial score (nSPS) is 11.9. The number of hydrogen-bond acceptors (Lipinski definition) is 9. The number of carbonyl (C=O) groups is 2. The van der Waals surface area contributed by atoms with Crippen LogP contribution in [-0.2, 0) is 24.1 Å². The molecule has 48 heavy (non-hydrogen) atoms. The van der Waals surface area contributed by atoms with E-state index in [-0.39, 0.29) is 24.5 Å². The quantitative estimate of drug-likeness (QED) is 0.138. The van der Waals surface area contributed by atoms with Gasteiger partial charge in [-0.25, -0.2) is 9.78 Å². The molecule has 252 valence electrons. The Hall–Kier alpha value is -5.18. The summed E-state index contributed by atoms with van der Waals surface area (Å²) in [7, 11) is 0. The lowest BCUT2D eigenvalue weighted by molar-refractivity contribution is -0.274. The van der Waals surface area contributed by atoms with Crippen LogP contribution in [0.4, 0.5) is 23.8 Å². The molecule has 0 fully saturated rings. The maximum atomic E-state index is 13.0. The van der Waals surface area contributed by atoms with E-state index in [9.17, 15) is 22.8 Å². The molecule has 0 bridgehead atoms. The lowest BCUT2D eigenvalue weighted by atomic mass is 10.1. The standard InChI is InChI=1S/C32H32ClF3N8O4/c1-31(2,3)48-30(46)44(17-18-4-7-25(23(33)14-18)47-32(34,35)36)13-10-27-41-26(42-43-27)9-12-39-29-21-8-11-38-16-22(21)20-6-5-19(28(37)45)15-24(20)40-29/h4-8,11,14-16H,9-10,12-13,17H2,1-3H3,(H2,37,45)(H,39,40)(H,41,42,43). The van der Waals surface area contributed by atoms with Crippen LogP contribution in [0.2, 0.25) is 5.02 Å². The Morgan fingerprint density at radius 1 is 1.00 bits per heavy atom. The van der Waals surface area contributed by atoms with Crippen molar-refractivity contribution in [3.8, 4) is 5.75 Å². The average Bonchev–Trinajstić information content (AvgIpc) is 3.46. The summed E-state index contributed by atoms with van der Waals surface area (Å²) in [5, 5.41) is 14.1. The van der Waals surface area contributed by atoms with Crippen molar-refractivity contribution >= 4 is 51.1 Å². The number of amides is 2. The lowest BCUT2D eigenvalue weighted by Gasteiger charge is -2.27. The highest BCUT2D eigenvalue weighted by molar-refractivity contribution is 6.32. The molecule has 5 rings (SSSR count). The van der Waals surface area contributed by atoms with E-state index in [1.165, 1.54) is 17.0 Å². The van der Waals surface area contributed by atoms with E-state index in [0.29, 0.717) is 47.1 Å². The highest BCUT2D eigenvalue weighted by Gasteiger charge is 2.32. The minimum Gasteiger partial charge on any atom is -0.444 e. The summed E-state index contributed by atoms with van der Waals surface area (Å²) in [5.41, 5.74) is 6.10. The maximum absolute atomic E-state index is 13.0. The van der Waals surface area contributed by atoms with Gasteiger partial charge in [0.05, 0.1) is 10.5 Å². The van der Waals surface area contributed by atoms with Gasteiger partial charge in [0, 0.05) is 66.6 Å². The molecule has 0 atom stereocenters. The number of H-pyrrole nitrogens is 1. The summed E-state index contributed by atoms with van der Waals surface area (Å²) in [6.45, 7) is 5.80. The monoisotopic (exact) mass is 684 g/mol. The summed E-state index contributed by atoms with van der Waals surface area (Å²) >= 11 is 6.02. The number of fused-ring (bicyclic) bond motifs is 3. The minimum atomic E-state index is -4.89. The van der Waals surface area contributed by atoms with Gasteiger partial charge in [-0.15, -0.1) is 23.4 Å². The number of primary amides is 1. The number of pyridine rings is 2. The number of rotatable bonds is 11. The van der Waals surface area contributed by atoms with Gasteiger partial charge in [-0.1, -0.05) is 23.7 Å². The van der Waals surface area contributed by atoms with Gasteiger partial charge in [0.15, 0.2) is 0 Å². The predicted molar refractivity (Wildman–Crippen MR) is 173 cm³/mol. The molecular formula is C32H32ClF3N8O4. The van der Waals surface area contributed by atoms with E-state index >= 15 is 0 Å². The number of alkyl halides is 3. The fraction of sp³-hybridized carbons (Fsp3) is 0.312. The molecule has 2 amide bonds. The van der Waals surface area contributed by atoms with Crippen molar-refractivity contribution in [3.63, 3.8) is 0 Å². The number of nitrogens with one attached hydrogen (secondary N) is 2. The Morgan fingerprint density at radius 2 is 1.75 bits per heavy atom. The summed E-state index contributed by atoms with van der Waals surface area (Å²) in [5.74, 6) is 0.625. The Morgan fingerprint density at radius 3 is 2.44 bits per heavy atom. The van der Waals surface area contributed by atoms with E-state index < -0.39 is 29.7 Å². The summed E-state index contributed by atoms with van der Waals surface area (Å²) < 4.78 is 47.5. The van der Waals surface area contributed by atoms with Crippen LogP contribution in [0, 0.1) is 0 Å². The fourth-order valence-electron chi connectivity index (χ4n) is 4.87. The number of aromatic nitrogens is 5. The van der Waals surface area contributed by atoms with Gasteiger partial charge in [-0.3, -0.25) is 9.78 Å². The van der Waals surface area contributed by atoms with Gasteiger partial charge < -0.3 is 30.4 Å². The topological polar surface area (TPSA) is 161 Å². The predicted octanol–water partition coefficient (Wildman–Crippen LogP) is 6.19. The molecule has 16 heteroatoms. The average molecular weight is 685 g/mol. The van der Waals surface area contributed by atoms with Gasteiger partial charge in [-0.2, -0.15) is 0 Å². The van der Waals surface area contributed by atoms with E-state index in [1.54, 1.807) is 51.4 Å². The Bertz CT molecular complexity index is 1960. The number of nitrogens with zero attached hydrogens (tertiary/aromatic N) is 5. The molecular weight excluding hydrogens is 653 g/mol. The Balaban J connectivity index is 1.24. The summed E-state index contributed by atoms with van der Waals surface area (Å²) in [4.78, 5) is 38.3. The number of ether oxygens (including phenoxy) is 2. The smallest absolute Gasteiger partial charge is 0.444 e. The van der Waals surface area contributed by atoms with Crippen molar-refractivity contribution in [2.45, 2.75) is 52.1 Å². The highest BCUT2D eigenvalue weighted by atomic mass is 35.5. The largest absolute Gasteiger partial charge is 0.573 e. The molecule has 3 aromatic heterocycles. The van der Waals surface area contributed by atoms with Crippen molar-refractivity contribution in [2.75, 3.05) is 18.4 Å². The van der Waals surface area contributed by atoms with Gasteiger partial charge in [0.25, 0.3) is 0 Å². The van der Waals surface area contributed by atoms with Crippen molar-refractivity contribution in [2.24, 2.45) is 5.73 Å². The number of hydrogen-bond donors (Lipinski definition) is 3. The molecule has 0 unspecified atom stereocenters. The molecule has 0 radical (unpaired) electrons. The zero-order valence-electron chi connectivity index (χ0n) is 26.2. The summed E-state index contributed by atoms with van der Waals surface area (Å²) in [6.07, 6.45) is -1.35. The number of benzene rings is 2. The van der Waals surface area contributed by atoms with Crippen LogP contribution in [0.5, 0.6) is 5.75 Å². The van der Waals surface area contributed by atoms with Crippen LogP contribution in [-0.4, -0.2) is 67.1 Å². The van der Waals surface area contributed by atoms with E-state index in [2.05, 4.69) is 30.2 Å². The number of anilines is 1. The third-order valence-electron chi connectivity index (χ3n) is 6.98. The zero-order valence-corrected chi connectivity index (χ0v) is 26.9. The number of halogens is 4. The van der Waals surface area contributed by atoms with Crippen molar-refractivity contribution in [1.29, 1.82) is 0 Å². The first kappa shape index (κ1) is 34.2. The van der Waals surface area contributed by atoms with Crippen LogP contribution in [0.15, 0.2) is 54.9 Å². The minimum absolute atomic E-state index is 0.00894. The molecule has 2 aromatic carbocycles. The second kappa shape index (κ2) is 13.9. The van der Waals surface area contributed by atoms with Crippen LogP contribution in [0.3, 0.4) is 0 Å². The third-order valence-corrected chi connectivity index (χ3v) is 7.28. The number of carbonyl (C=O) groups excluding carboxylic acids is 2. The van der Waals surface area contributed by atoms with Gasteiger partial charge in [0.1, 0.15) is 28.8 Å². The number of aromatic amines is 1. The second-order valence-corrected chi connectivity index (χ2v) is 12.2. The first-order valence-electron chi connectivity index (χ1n) is 14.8. The molecule has 0 spiro atoms. The van der Waals surface area contributed by atoms with E-state index in [1.807, 2.05) is 6.07 Å². The van der Waals surface area contributed by atoms with Crippen molar-refractivity contribution in [3.05, 3.63) is 82.7 Å². The zero-order chi connectivity index (χ0) is 34.6. The van der Waals surface area contributed by atoms with Crippen molar-refractivity contribution < 1.29 is 32.2 Å². The Kier molecular flexibility index (Phi) is 9.89. The highest BCUT2D eigenvalue weighted by Crippen LogP contribution is 2.32. The van der Waals surface area contributed by atoms with E-state index in [4.69, 9.17) is 27.1 Å². The maximum Gasteiger partial charge on any atom is 0.573 e. The number of nitrogens with two attached hydrogens (primary N) is 1. The SMILES string of the molecule is CC(C)(C)OC(=O)N(CCc1nnc(CCNc2nc3cc(C(N)=O)ccc3c3cnccc23)[nH]1)Cc1ccc(OC(F)(F)F)c(Cl)c1. The molecule has 0 aliphatic carbocycles. The molecule has 12 nitrogen and oxygen atoms in total. The van der Waals surface area contributed by atoms with Crippen LogP contribution >= 0.6 is 11.6 Å². The molecule has 3 heterocycles. The van der Waals surface area contributed by atoms with E-state index in [0.717, 1.165) is 22.2 Å². The van der Waals surface area contributed by atoms with Crippen LogP contribution < -0.4 is 15.8 Å². The first-order chi connectivity index (χ1) is 22.6.